The quantitative estimate of drug-likeness (QED) is 0.673. The minimum absolute atomic E-state index is 0.128. The maximum absolute atomic E-state index is 12.3. The van der Waals surface area contributed by atoms with Gasteiger partial charge in [-0.3, -0.25) is 14.4 Å². The second-order valence-electron chi connectivity index (χ2n) is 6.49. The third-order valence-corrected chi connectivity index (χ3v) is 5.50. The minimum Gasteiger partial charge on any atom is -0.369 e. The van der Waals surface area contributed by atoms with Crippen LogP contribution in [0.2, 0.25) is 0 Å². The summed E-state index contributed by atoms with van der Waals surface area (Å²) in [4.78, 5) is 37.0. The molecule has 0 radical (unpaired) electrons. The van der Waals surface area contributed by atoms with Gasteiger partial charge >= 0.3 is 0 Å². The first kappa shape index (κ1) is 12.5. The number of hydrogen-bond acceptors (Lipinski definition) is 4. The molecule has 2 heterocycles. The van der Waals surface area contributed by atoms with E-state index in [1.807, 2.05) is 6.92 Å². The van der Waals surface area contributed by atoms with E-state index in [9.17, 15) is 14.4 Å². The molecular formula is C16H18O4. The van der Waals surface area contributed by atoms with Crippen molar-refractivity contribution in [2.75, 3.05) is 0 Å². The Kier molecular flexibility index (Phi) is 2.56. The SMILES string of the molecule is C[C@H]1O[C@H]2C3=C(C(=O)CCC3)[C@@H]1[C@@H]1C(=O)CCC(=O)[C@@H]12. The molecule has 0 N–H and O–H groups in total. The van der Waals surface area contributed by atoms with E-state index in [1.54, 1.807) is 0 Å². The van der Waals surface area contributed by atoms with Gasteiger partial charge in [-0.05, 0) is 25.3 Å². The molecule has 2 fully saturated rings. The standard InChI is InChI=1S/C16H18O4/c1-7-12-13-8(3-2-4-9(13)17)16(20-7)15-11(19)6-5-10(18)14(12)15/h7,12,14-16H,2-6H2,1H3/t7-,12-,14+,15+,16+/m1/s1. The predicted octanol–water partition coefficient (Wildman–Crippen LogP) is 1.62. The van der Waals surface area contributed by atoms with Crippen LogP contribution in [0.5, 0.6) is 0 Å². The van der Waals surface area contributed by atoms with Crippen molar-refractivity contribution in [3.8, 4) is 0 Å². The average Bonchev–Trinajstić information content (AvgIpc) is 2.43. The fourth-order valence-corrected chi connectivity index (χ4v) is 4.75. The number of carbonyl (C=O) groups excluding carboxylic acids is 3. The third kappa shape index (κ3) is 1.43. The van der Waals surface area contributed by atoms with Crippen LogP contribution in [0.25, 0.3) is 0 Å². The summed E-state index contributed by atoms with van der Waals surface area (Å²) in [5.41, 5.74) is 1.89. The molecule has 0 aromatic rings. The van der Waals surface area contributed by atoms with Gasteiger partial charge in [0.1, 0.15) is 11.6 Å². The number of hydrogen-bond donors (Lipinski definition) is 0. The lowest BCUT2D eigenvalue weighted by atomic mass is 9.55. The van der Waals surface area contributed by atoms with Crippen LogP contribution >= 0.6 is 0 Å². The molecule has 1 saturated heterocycles. The van der Waals surface area contributed by atoms with E-state index < -0.39 is 0 Å². The molecule has 4 heteroatoms. The Morgan fingerprint density at radius 1 is 0.900 bits per heavy atom. The highest BCUT2D eigenvalue weighted by Gasteiger charge is 2.59. The first-order valence-corrected chi connectivity index (χ1v) is 7.56. The highest BCUT2D eigenvalue weighted by atomic mass is 16.5. The molecule has 3 aliphatic carbocycles. The number of ether oxygens (including phenoxy) is 1. The molecule has 4 nitrogen and oxygen atoms in total. The zero-order chi connectivity index (χ0) is 14.0. The molecule has 0 unspecified atom stereocenters. The second kappa shape index (κ2) is 4.10. The summed E-state index contributed by atoms with van der Waals surface area (Å²) in [6.45, 7) is 1.94. The van der Waals surface area contributed by atoms with Crippen LogP contribution < -0.4 is 0 Å². The molecule has 5 atom stereocenters. The molecule has 1 saturated carbocycles. The Labute approximate surface area is 117 Å². The molecule has 0 amide bonds. The van der Waals surface area contributed by atoms with Gasteiger partial charge in [0.2, 0.25) is 0 Å². The Balaban J connectivity index is 1.89. The van der Waals surface area contributed by atoms with Crippen molar-refractivity contribution < 1.29 is 19.1 Å². The highest BCUT2D eigenvalue weighted by molar-refractivity contribution is 6.03. The first-order chi connectivity index (χ1) is 9.59. The fourth-order valence-electron chi connectivity index (χ4n) is 4.75. The van der Waals surface area contributed by atoms with Crippen LogP contribution in [0.15, 0.2) is 11.1 Å². The number of Topliss-reactive ketones (excluding diaryl/α,β-unsaturated/α-hetero) is 3. The van der Waals surface area contributed by atoms with Gasteiger partial charge in [0.25, 0.3) is 0 Å². The van der Waals surface area contributed by atoms with E-state index in [0.29, 0.717) is 19.3 Å². The van der Waals surface area contributed by atoms with E-state index in [4.69, 9.17) is 4.74 Å². The lowest BCUT2D eigenvalue weighted by molar-refractivity contribution is -0.171. The van der Waals surface area contributed by atoms with E-state index in [1.165, 1.54) is 0 Å². The second-order valence-corrected chi connectivity index (χ2v) is 6.49. The number of carbonyl (C=O) groups is 3. The van der Waals surface area contributed by atoms with Gasteiger partial charge in [-0.25, -0.2) is 0 Å². The number of ketones is 3. The summed E-state index contributed by atoms with van der Waals surface area (Å²) in [7, 11) is 0. The van der Waals surface area contributed by atoms with Gasteiger partial charge in [-0.15, -0.1) is 0 Å². The Hall–Kier alpha value is -1.29. The van der Waals surface area contributed by atoms with E-state index in [-0.39, 0.29) is 47.3 Å². The summed E-state index contributed by atoms with van der Waals surface area (Å²) in [5.74, 6) is -0.302. The van der Waals surface area contributed by atoms with Gasteiger partial charge in [0, 0.05) is 36.7 Å². The van der Waals surface area contributed by atoms with Crippen molar-refractivity contribution in [2.45, 2.75) is 51.2 Å². The molecule has 0 spiro atoms. The average molecular weight is 274 g/mol. The van der Waals surface area contributed by atoms with Crippen LogP contribution in [0.4, 0.5) is 0 Å². The summed E-state index contributed by atoms with van der Waals surface area (Å²) in [6.07, 6.45) is 2.52. The molecule has 5 rings (SSSR count). The molecule has 0 aromatic carbocycles. The maximum atomic E-state index is 12.3. The zero-order valence-corrected chi connectivity index (χ0v) is 11.6. The van der Waals surface area contributed by atoms with Gasteiger partial charge in [0.15, 0.2) is 5.78 Å². The third-order valence-electron chi connectivity index (χ3n) is 5.50. The fraction of sp³-hybridized carbons (Fsp3) is 0.688. The number of rotatable bonds is 0. The monoisotopic (exact) mass is 274 g/mol. The first-order valence-electron chi connectivity index (χ1n) is 7.56. The van der Waals surface area contributed by atoms with Crippen LogP contribution in [0.1, 0.15) is 39.0 Å². The van der Waals surface area contributed by atoms with Gasteiger partial charge in [-0.2, -0.15) is 0 Å². The molecule has 106 valence electrons. The van der Waals surface area contributed by atoms with Gasteiger partial charge in [0.05, 0.1) is 18.1 Å². The number of fused-ring (bicyclic) bond motifs is 1. The van der Waals surface area contributed by atoms with E-state index >= 15 is 0 Å². The lowest BCUT2D eigenvalue weighted by Crippen LogP contribution is -2.60. The summed E-state index contributed by atoms with van der Waals surface area (Å²) in [5, 5.41) is 0. The van der Waals surface area contributed by atoms with Crippen molar-refractivity contribution >= 4 is 17.3 Å². The molecular weight excluding hydrogens is 256 g/mol. The molecule has 20 heavy (non-hydrogen) atoms. The van der Waals surface area contributed by atoms with Crippen molar-refractivity contribution in [1.82, 2.24) is 0 Å². The van der Waals surface area contributed by atoms with E-state index in [0.717, 1.165) is 24.0 Å². The largest absolute Gasteiger partial charge is 0.369 e. The van der Waals surface area contributed by atoms with Crippen LogP contribution in [-0.2, 0) is 19.1 Å². The Morgan fingerprint density at radius 3 is 2.35 bits per heavy atom. The summed E-state index contributed by atoms with van der Waals surface area (Å²) in [6, 6.07) is 0. The summed E-state index contributed by atoms with van der Waals surface area (Å²) < 4.78 is 6.01. The minimum atomic E-state index is -0.318. The van der Waals surface area contributed by atoms with Crippen molar-refractivity contribution in [2.24, 2.45) is 17.8 Å². The van der Waals surface area contributed by atoms with Crippen molar-refractivity contribution in [1.29, 1.82) is 0 Å². The van der Waals surface area contributed by atoms with Crippen LogP contribution in [0.3, 0.4) is 0 Å². The predicted molar refractivity (Wildman–Crippen MR) is 69.9 cm³/mol. The molecule has 0 aromatic heterocycles. The van der Waals surface area contributed by atoms with Crippen molar-refractivity contribution in [3.63, 3.8) is 0 Å². The molecule has 2 bridgehead atoms. The topological polar surface area (TPSA) is 60.4 Å². The molecule has 5 aliphatic rings. The van der Waals surface area contributed by atoms with Crippen LogP contribution in [0, 0.1) is 17.8 Å². The van der Waals surface area contributed by atoms with Crippen LogP contribution in [-0.4, -0.2) is 29.6 Å². The van der Waals surface area contributed by atoms with Crippen molar-refractivity contribution in [3.05, 3.63) is 11.1 Å². The Morgan fingerprint density at radius 2 is 1.60 bits per heavy atom. The summed E-state index contributed by atoms with van der Waals surface area (Å²) >= 11 is 0. The molecule has 2 aliphatic heterocycles. The lowest BCUT2D eigenvalue weighted by Gasteiger charge is -2.54. The smallest absolute Gasteiger partial charge is 0.159 e. The van der Waals surface area contributed by atoms with Gasteiger partial charge < -0.3 is 4.74 Å². The van der Waals surface area contributed by atoms with Gasteiger partial charge in [-0.1, -0.05) is 0 Å². The normalized spacial score (nSPS) is 43.6. The van der Waals surface area contributed by atoms with E-state index in [2.05, 4.69) is 0 Å². The maximum Gasteiger partial charge on any atom is 0.159 e. The highest BCUT2D eigenvalue weighted by Crippen LogP contribution is 2.53. The Bertz CT molecular complexity index is 559. The zero-order valence-electron chi connectivity index (χ0n) is 11.6.